The van der Waals surface area contributed by atoms with Gasteiger partial charge in [-0.25, -0.2) is 14.8 Å². The van der Waals surface area contributed by atoms with Gasteiger partial charge in [0.2, 0.25) is 0 Å². The van der Waals surface area contributed by atoms with Gasteiger partial charge < -0.3 is 15.3 Å². The van der Waals surface area contributed by atoms with Gasteiger partial charge in [0.25, 0.3) is 0 Å². The first-order valence-corrected chi connectivity index (χ1v) is 9.57. The van der Waals surface area contributed by atoms with E-state index in [9.17, 15) is 4.79 Å². The highest BCUT2D eigenvalue weighted by molar-refractivity contribution is 5.66. The molecule has 1 saturated carbocycles. The molecule has 0 spiro atoms. The van der Waals surface area contributed by atoms with Crippen LogP contribution in [0.1, 0.15) is 31.9 Å². The van der Waals surface area contributed by atoms with Crippen LogP contribution in [0.25, 0.3) is 17.0 Å². The molecule has 1 aliphatic heterocycles. The summed E-state index contributed by atoms with van der Waals surface area (Å²) in [5.74, 6) is 0.744. The molecule has 0 aromatic carbocycles. The van der Waals surface area contributed by atoms with E-state index in [1.165, 1.54) is 17.7 Å². The smallest absolute Gasteiger partial charge is 0.407 e. The van der Waals surface area contributed by atoms with E-state index in [2.05, 4.69) is 32.8 Å². The minimum atomic E-state index is -0.870. The molecule has 1 saturated heterocycles. The summed E-state index contributed by atoms with van der Waals surface area (Å²) in [6.45, 7) is 3.27. The second kappa shape index (κ2) is 6.19. The van der Waals surface area contributed by atoms with Crippen LogP contribution in [0.15, 0.2) is 36.8 Å². The molecule has 144 valence electrons. The lowest BCUT2D eigenvalue weighted by Gasteiger charge is -2.15. The van der Waals surface area contributed by atoms with Crippen LogP contribution in [0, 0.1) is 0 Å². The first-order valence-electron chi connectivity index (χ1n) is 9.57. The Morgan fingerprint density at radius 1 is 1.29 bits per heavy atom. The number of anilines is 1. The number of nitrogens with one attached hydrogen (secondary N) is 1. The number of carboxylic acid groups (broad SMARTS) is 1. The largest absolute Gasteiger partial charge is 0.465 e. The van der Waals surface area contributed by atoms with Gasteiger partial charge in [0.05, 0.1) is 29.5 Å². The van der Waals surface area contributed by atoms with Gasteiger partial charge in [0.15, 0.2) is 5.65 Å². The third kappa shape index (κ3) is 2.94. The molecule has 5 rings (SSSR count). The maximum atomic E-state index is 11.1. The predicted molar refractivity (Wildman–Crippen MR) is 104 cm³/mol. The maximum absolute atomic E-state index is 11.1. The van der Waals surface area contributed by atoms with Crippen LogP contribution in [0.4, 0.5) is 10.6 Å². The molecule has 1 amide bonds. The quantitative estimate of drug-likeness (QED) is 0.725. The Bertz CT molecular complexity index is 1060. The molecule has 0 radical (unpaired) electrons. The molecule has 1 aliphatic carbocycles. The van der Waals surface area contributed by atoms with Crippen molar-refractivity contribution < 1.29 is 9.90 Å². The van der Waals surface area contributed by atoms with Gasteiger partial charge in [-0.1, -0.05) is 13.0 Å². The molecule has 1 unspecified atom stereocenters. The molecule has 8 heteroatoms. The van der Waals surface area contributed by atoms with Crippen molar-refractivity contribution >= 4 is 17.6 Å². The van der Waals surface area contributed by atoms with Crippen molar-refractivity contribution in [1.29, 1.82) is 0 Å². The average molecular weight is 378 g/mol. The summed E-state index contributed by atoms with van der Waals surface area (Å²) in [6.07, 6.45) is 7.97. The average Bonchev–Trinajstić information content (AvgIpc) is 3.10. The predicted octanol–water partition coefficient (Wildman–Crippen LogP) is 3.01. The number of fused-ring (bicyclic) bond motifs is 1. The van der Waals surface area contributed by atoms with Gasteiger partial charge in [-0.15, -0.1) is 0 Å². The molecular weight excluding hydrogens is 356 g/mol. The number of likely N-dealkylation sites (tertiary alicyclic amines) is 1. The van der Waals surface area contributed by atoms with Crippen LogP contribution in [0.2, 0.25) is 0 Å². The molecule has 1 atom stereocenters. The Hall–Kier alpha value is -3.16. The number of rotatable bonds is 4. The Labute approximate surface area is 162 Å². The number of nitrogens with zero attached hydrogens (tertiary/aromatic N) is 5. The van der Waals surface area contributed by atoms with Crippen molar-refractivity contribution in [3.05, 3.63) is 42.5 Å². The Morgan fingerprint density at radius 3 is 2.89 bits per heavy atom. The minimum absolute atomic E-state index is 0.0756. The van der Waals surface area contributed by atoms with E-state index in [0.29, 0.717) is 13.1 Å². The summed E-state index contributed by atoms with van der Waals surface area (Å²) in [5, 5.41) is 12.5. The minimum Gasteiger partial charge on any atom is -0.465 e. The normalized spacial score (nSPS) is 20.5. The fourth-order valence-corrected chi connectivity index (χ4v) is 3.75. The highest BCUT2D eigenvalue weighted by atomic mass is 16.4. The van der Waals surface area contributed by atoms with Crippen LogP contribution >= 0.6 is 0 Å². The number of pyridine rings is 1. The highest BCUT2D eigenvalue weighted by Crippen LogP contribution is 2.46. The Kier molecular flexibility index (Phi) is 3.75. The number of imidazole rings is 1. The number of carbonyl (C=O) groups is 1. The summed E-state index contributed by atoms with van der Waals surface area (Å²) < 4.78 is 2.06. The third-order valence-corrected chi connectivity index (χ3v) is 5.84. The molecule has 3 aromatic rings. The fraction of sp³-hybridized carbons (Fsp3) is 0.400. The van der Waals surface area contributed by atoms with Gasteiger partial charge >= 0.3 is 6.09 Å². The maximum Gasteiger partial charge on any atom is 0.407 e. The third-order valence-electron chi connectivity index (χ3n) is 5.84. The van der Waals surface area contributed by atoms with Crippen LogP contribution in [0.3, 0.4) is 0 Å². The van der Waals surface area contributed by atoms with E-state index < -0.39 is 6.09 Å². The van der Waals surface area contributed by atoms with E-state index >= 15 is 0 Å². The number of hydrogen-bond acceptors (Lipinski definition) is 5. The van der Waals surface area contributed by atoms with Gasteiger partial charge in [-0.2, -0.15) is 0 Å². The van der Waals surface area contributed by atoms with E-state index in [1.807, 2.05) is 30.6 Å². The van der Waals surface area contributed by atoms with Crippen molar-refractivity contribution in [3.8, 4) is 11.4 Å². The first-order chi connectivity index (χ1) is 13.5. The van der Waals surface area contributed by atoms with Crippen molar-refractivity contribution in [2.45, 2.75) is 37.6 Å². The fourth-order valence-electron chi connectivity index (χ4n) is 3.75. The summed E-state index contributed by atoms with van der Waals surface area (Å²) in [5.41, 5.74) is 3.82. The zero-order chi connectivity index (χ0) is 19.3. The lowest BCUT2D eigenvalue weighted by Crippen LogP contribution is -2.30. The second-order valence-corrected chi connectivity index (χ2v) is 7.97. The monoisotopic (exact) mass is 378 g/mol. The molecule has 2 aliphatic rings. The zero-order valence-corrected chi connectivity index (χ0v) is 15.7. The lowest BCUT2D eigenvalue weighted by atomic mass is 10.1. The number of hydrogen-bond donors (Lipinski definition) is 2. The standard InChI is InChI=1S/C20H22N6O2/c1-20(6-7-20)16-12-26-15(9-22-18(26)10-21-16)14-3-2-4-17(24-14)23-13-5-8-25(11-13)19(27)28/h2-4,9-10,12-13H,5-8,11H2,1H3,(H,23,24)(H,27,28). The van der Waals surface area contributed by atoms with Crippen molar-refractivity contribution in [2.24, 2.45) is 0 Å². The van der Waals surface area contributed by atoms with E-state index in [0.717, 1.165) is 35.0 Å². The molecular formula is C20H22N6O2. The number of aromatic nitrogens is 4. The molecule has 0 bridgehead atoms. The van der Waals surface area contributed by atoms with Crippen LogP contribution in [-0.2, 0) is 5.41 Å². The van der Waals surface area contributed by atoms with E-state index in [1.54, 1.807) is 0 Å². The molecule has 4 heterocycles. The van der Waals surface area contributed by atoms with E-state index in [4.69, 9.17) is 10.1 Å². The Balaban J connectivity index is 1.43. The molecule has 2 fully saturated rings. The molecule has 2 N–H and O–H groups in total. The van der Waals surface area contributed by atoms with Crippen molar-refractivity contribution in [1.82, 2.24) is 24.3 Å². The lowest BCUT2D eigenvalue weighted by molar-refractivity contribution is 0.155. The molecule has 8 nitrogen and oxygen atoms in total. The second-order valence-electron chi connectivity index (χ2n) is 7.97. The van der Waals surface area contributed by atoms with Crippen molar-refractivity contribution in [2.75, 3.05) is 18.4 Å². The highest BCUT2D eigenvalue weighted by Gasteiger charge is 2.40. The summed E-state index contributed by atoms with van der Waals surface area (Å²) in [6, 6.07) is 5.91. The molecule has 28 heavy (non-hydrogen) atoms. The number of amides is 1. The van der Waals surface area contributed by atoms with Crippen LogP contribution in [0.5, 0.6) is 0 Å². The zero-order valence-electron chi connectivity index (χ0n) is 15.7. The van der Waals surface area contributed by atoms with Gasteiger partial charge in [0, 0.05) is 30.7 Å². The van der Waals surface area contributed by atoms with Crippen LogP contribution in [-0.4, -0.2) is 54.6 Å². The summed E-state index contributed by atoms with van der Waals surface area (Å²) >= 11 is 0. The van der Waals surface area contributed by atoms with Crippen LogP contribution < -0.4 is 5.32 Å². The van der Waals surface area contributed by atoms with Gasteiger partial charge in [0.1, 0.15) is 5.82 Å². The van der Waals surface area contributed by atoms with Gasteiger partial charge in [-0.3, -0.25) is 9.38 Å². The Morgan fingerprint density at radius 2 is 2.14 bits per heavy atom. The molecule has 3 aromatic heterocycles. The SMILES string of the molecule is CC1(c2cn3c(-c4cccc(NC5CCN(C(=O)O)C5)n4)cnc3cn2)CC1. The summed E-state index contributed by atoms with van der Waals surface area (Å²) in [7, 11) is 0. The van der Waals surface area contributed by atoms with E-state index in [-0.39, 0.29) is 11.5 Å². The summed E-state index contributed by atoms with van der Waals surface area (Å²) in [4.78, 5) is 26.3. The first kappa shape index (κ1) is 17.0. The topological polar surface area (TPSA) is 95.7 Å². The van der Waals surface area contributed by atoms with Crippen molar-refractivity contribution in [3.63, 3.8) is 0 Å². The van der Waals surface area contributed by atoms with Gasteiger partial charge in [-0.05, 0) is 31.4 Å².